The smallest absolute Gasteiger partial charge is 0.191 e. The van der Waals surface area contributed by atoms with Gasteiger partial charge in [-0.15, -0.1) is 0 Å². The van der Waals surface area contributed by atoms with E-state index in [2.05, 4.69) is 48.7 Å². The Kier molecular flexibility index (Phi) is 8.05. The second-order valence-corrected chi connectivity index (χ2v) is 6.23. The molecule has 1 aromatic carbocycles. The summed E-state index contributed by atoms with van der Waals surface area (Å²) in [6.07, 6.45) is 1.24. The second-order valence-electron chi connectivity index (χ2n) is 6.23. The van der Waals surface area contributed by atoms with Crippen LogP contribution in [0.15, 0.2) is 29.3 Å². The maximum Gasteiger partial charge on any atom is 0.191 e. The molecule has 0 bridgehead atoms. The molecule has 1 aliphatic rings. The van der Waals surface area contributed by atoms with Gasteiger partial charge >= 0.3 is 0 Å². The van der Waals surface area contributed by atoms with Gasteiger partial charge in [-0.1, -0.05) is 31.2 Å². The van der Waals surface area contributed by atoms with E-state index in [0.29, 0.717) is 32.4 Å². The number of nitrogens with zero attached hydrogens (tertiary/aromatic N) is 1. The molecule has 2 N–H and O–H groups in total. The molecule has 0 aliphatic heterocycles. The van der Waals surface area contributed by atoms with Crippen LogP contribution < -0.4 is 10.6 Å². The van der Waals surface area contributed by atoms with Crippen molar-refractivity contribution in [2.75, 3.05) is 26.4 Å². The molecule has 24 heavy (non-hydrogen) atoms. The molecule has 134 valence electrons. The van der Waals surface area contributed by atoms with Crippen LogP contribution in [0.2, 0.25) is 0 Å². The Balaban J connectivity index is 1.81. The van der Waals surface area contributed by atoms with Crippen molar-refractivity contribution >= 4 is 5.96 Å². The summed E-state index contributed by atoms with van der Waals surface area (Å²) in [7, 11) is 0. The molecule has 1 aromatic rings. The highest BCUT2D eigenvalue weighted by atomic mass is 16.5. The molecule has 1 saturated carbocycles. The molecular weight excluding hydrogens is 302 g/mol. The van der Waals surface area contributed by atoms with Gasteiger partial charge in [0, 0.05) is 19.2 Å². The van der Waals surface area contributed by atoms with E-state index in [0.717, 1.165) is 25.0 Å². The minimum Gasteiger partial charge on any atom is -0.379 e. The number of hydrogen-bond donors (Lipinski definition) is 2. The average Bonchev–Trinajstić information content (AvgIpc) is 3.28. The largest absolute Gasteiger partial charge is 0.379 e. The molecule has 2 unspecified atom stereocenters. The van der Waals surface area contributed by atoms with Gasteiger partial charge in [-0.25, -0.2) is 4.99 Å². The quantitative estimate of drug-likeness (QED) is 0.393. The SMILES string of the molecule is CCNC(=NCc1cccc(COCCOCC)c1)NC1CC1C. The normalized spacial score (nSPS) is 20.0. The van der Waals surface area contributed by atoms with Crippen molar-refractivity contribution in [2.24, 2.45) is 10.9 Å². The first-order valence-electron chi connectivity index (χ1n) is 9.01. The Morgan fingerprint density at radius 2 is 1.96 bits per heavy atom. The van der Waals surface area contributed by atoms with Gasteiger partial charge in [-0.2, -0.15) is 0 Å². The summed E-state index contributed by atoms with van der Waals surface area (Å²) in [5.74, 6) is 1.66. The summed E-state index contributed by atoms with van der Waals surface area (Å²) in [5, 5.41) is 6.79. The fraction of sp³-hybridized carbons (Fsp3) is 0.632. The van der Waals surface area contributed by atoms with Crippen LogP contribution in [-0.2, 0) is 22.6 Å². The van der Waals surface area contributed by atoms with Gasteiger partial charge in [0.2, 0.25) is 0 Å². The molecule has 0 spiro atoms. The van der Waals surface area contributed by atoms with Crippen LogP contribution in [0.1, 0.15) is 38.3 Å². The zero-order valence-electron chi connectivity index (χ0n) is 15.2. The first kappa shape index (κ1) is 18.7. The Labute approximate surface area is 145 Å². The third kappa shape index (κ3) is 6.89. The fourth-order valence-corrected chi connectivity index (χ4v) is 2.46. The number of nitrogens with one attached hydrogen (secondary N) is 2. The van der Waals surface area contributed by atoms with Crippen molar-refractivity contribution in [3.05, 3.63) is 35.4 Å². The lowest BCUT2D eigenvalue weighted by molar-refractivity contribution is 0.0453. The van der Waals surface area contributed by atoms with Crippen LogP contribution in [-0.4, -0.2) is 38.4 Å². The van der Waals surface area contributed by atoms with Gasteiger partial charge in [-0.3, -0.25) is 0 Å². The maximum absolute atomic E-state index is 5.63. The van der Waals surface area contributed by atoms with Crippen LogP contribution in [0.4, 0.5) is 0 Å². The number of rotatable bonds is 10. The summed E-state index contributed by atoms with van der Waals surface area (Å²) >= 11 is 0. The van der Waals surface area contributed by atoms with Gasteiger partial charge < -0.3 is 20.1 Å². The summed E-state index contributed by atoms with van der Waals surface area (Å²) in [4.78, 5) is 4.69. The molecule has 2 rings (SSSR count). The van der Waals surface area contributed by atoms with Crippen LogP contribution in [0, 0.1) is 5.92 Å². The van der Waals surface area contributed by atoms with Crippen LogP contribution in [0.5, 0.6) is 0 Å². The van der Waals surface area contributed by atoms with Gasteiger partial charge in [0.05, 0.1) is 26.4 Å². The monoisotopic (exact) mass is 333 g/mol. The van der Waals surface area contributed by atoms with Crippen molar-refractivity contribution in [3.63, 3.8) is 0 Å². The van der Waals surface area contributed by atoms with E-state index in [1.54, 1.807) is 0 Å². The van der Waals surface area contributed by atoms with E-state index in [9.17, 15) is 0 Å². The Hall–Kier alpha value is -1.59. The zero-order chi connectivity index (χ0) is 17.2. The molecule has 1 fully saturated rings. The molecule has 0 heterocycles. The summed E-state index contributed by atoms with van der Waals surface area (Å²) in [6, 6.07) is 9.00. The third-order valence-corrected chi connectivity index (χ3v) is 4.03. The highest BCUT2D eigenvalue weighted by Gasteiger charge is 2.33. The predicted molar refractivity (Wildman–Crippen MR) is 98.1 cm³/mol. The first-order valence-corrected chi connectivity index (χ1v) is 9.01. The molecule has 5 nitrogen and oxygen atoms in total. The van der Waals surface area contributed by atoms with Crippen LogP contribution in [0.25, 0.3) is 0 Å². The van der Waals surface area contributed by atoms with E-state index in [4.69, 9.17) is 14.5 Å². The minimum atomic E-state index is 0.577. The Morgan fingerprint density at radius 3 is 2.67 bits per heavy atom. The molecule has 2 atom stereocenters. The van der Waals surface area contributed by atoms with E-state index in [1.807, 2.05) is 6.92 Å². The summed E-state index contributed by atoms with van der Waals surface area (Å²) < 4.78 is 10.9. The second kappa shape index (κ2) is 10.3. The van der Waals surface area contributed by atoms with Gasteiger partial charge in [0.15, 0.2) is 5.96 Å². The molecule has 0 aromatic heterocycles. The molecule has 5 heteroatoms. The molecule has 1 aliphatic carbocycles. The van der Waals surface area contributed by atoms with E-state index >= 15 is 0 Å². The number of ether oxygens (including phenoxy) is 2. The number of hydrogen-bond acceptors (Lipinski definition) is 3. The molecule has 0 saturated heterocycles. The van der Waals surface area contributed by atoms with Crippen molar-refractivity contribution in [3.8, 4) is 0 Å². The van der Waals surface area contributed by atoms with Gasteiger partial charge in [0.25, 0.3) is 0 Å². The lowest BCUT2D eigenvalue weighted by Gasteiger charge is -2.11. The minimum absolute atomic E-state index is 0.577. The van der Waals surface area contributed by atoms with Gasteiger partial charge in [0.1, 0.15) is 0 Å². The van der Waals surface area contributed by atoms with Crippen LogP contribution >= 0.6 is 0 Å². The highest BCUT2D eigenvalue weighted by Crippen LogP contribution is 2.28. The number of guanidine groups is 1. The standard InChI is InChI=1S/C19H31N3O2/c1-4-20-19(22-18-11-15(18)3)21-13-16-7-6-8-17(12-16)14-24-10-9-23-5-2/h6-8,12,15,18H,4-5,9-11,13-14H2,1-3H3,(H2,20,21,22). The molecule has 0 radical (unpaired) electrons. The van der Waals surface area contributed by atoms with Gasteiger partial charge in [-0.05, 0) is 37.3 Å². The summed E-state index contributed by atoms with van der Waals surface area (Å²) in [6.45, 7) is 10.5. The van der Waals surface area contributed by atoms with E-state index in [1.165, 1.54) is 17.5 Å². The average molecular weight is 333 g/mol. The molecular formula is C19H31N3O2. The predicted octanol–water partition coefficient (Wildman–Crippen LogP) is 2.70. The number of aliphatic imine (C=N–C) groups is 1. The lowest BCUT2D eigenvalue weighted by atomic mass is 10.1. The Morgan fingerprint density at radius 1 is 1.21 bits per heavy atom. The Bertz CT molecular complexity index is 519. The first-order chi connectivity index (χ1) is 11.7. The van der Waals surface area contributed by atoms with Crippen molar-refractivity contribution in [1.82, 2.24) is 10.6 Å². The highest BCUT2D eigenvalue weighted by molar-refractivity contribution is 5.80. The van der Waals surface area contributed by atoms with Crippen molar-refractivity contribution in [1.29, 1.82) is 0 Å². The summed E-state index contributed by atoms with van der Waals surface area (Å²) in [5.41, 5.74) is 2.37. The van der Waals surface area contributed by atoms with Crippen molar-refractivity contribution < 1.29 is 9.47 Å². The van der Waals surface area contributed by atoms with E-state index in [-0.39, 0.29) is 0 Å². The van der Waals surface area contributed by atoms with Crippen LogP contribution in [0.3, 0.4) is 0 Å². The van der Waals surface area contributed by atoms with Crippen molar-refractivity contribution in [2.45, 2.75) is 46.4 Å². The third-order valence-electron chi connectivity index (χ3n) is 4.03. The maximum atomic E-state index is 5.63. The fourth-order valence-electron chi connectivity index (χ4n) is 2.46. The topological polar surface area (TPSA) is 54.9 Å². The lowest BCUT2D eigenvalue weighted by Crippen LogP contribution is -2.39. The molecule has 0 amide bonds. The zero-order valence-corrected chi connectivity index (χ0v) is 15.2. The van der Waals surface area contributed by atoms with E-state index < -0.39 is 0 Å². The number of benzene rings is 1.